The van der Waals surface area contributed by atoms with Gasteiger partial charge in [0.25, 0.3) is 0 Å². The Kier molecular flexibility index (Phi) is 8.06. The lowest BCUT2D eigenvalue weighted by Gasteiger charge is -2.34. The van der Waals surface area contributed by atoms with E-state index in [1.165, 1.54) is 37.7 Å². The molecule has 0 amide bonds. The number of unbranched alkanes of at least 4 members (excludes halogenated alkanes) is 1. The van der Waals surface area contributed by atoms with E-state index in [4.69, 9.17) is 14.6 Å². The van der Waals surface area contributed by atoms with E-state index in [0.717, 1.165) is 37.4 Å². The van der Waals surface area contributed by atoms with Crippen LogP contribution in [0.2, 0.25) is 0 Å². The fourth-order valence-corrected chi connectivity index (χ4v) is 3.64. The predicted octanol–water partition coefficient (Wildman–Crippen LogP) is 4.09. The van der Waals surface area contributed by atoms with Gasteiger partial charge in [0.05, 0.1) is 14.2 Å². The summed E-state index contributed by atoms with van der Waals surface area (Å²) in [5.74, 6) is 0.801. The first-order chi connectivity index (χ1) is 12.1. The van der Waals surface area contributed by atoms with Crippen LogP contribution in [0.25, 0.3) is 0 Å². The highest BCUT2D eigenvalue weighted by molar-refractivity contribution is 5.66. The van der Waals surface area contributed by atoms with Gasteiger partial charge in [-0.25, -0.2) is 0 Å². The van der Waals surface area contributed by atoms with Gasteiger partial charge in [-0.15, -0.1) is 0 Å². The molecule has 0 aliphatic heterocycles. The molecule has 1 aliphatic rings. The molecule has 140 valence electrons. The zero-order valence-corrected chi connectivity index (χ0v) is 15.5. The third kappa shape index (κ3) is 6.24. The van der Waals surface area contributed by atoms with Crippen LogP contribution in [0.4, 0.5) is 0 Å². The summed E-state index contributed by atoms with van der Waals surface area (Å²) in [6, 6.07) is 6.70. The van der Waals surface area contributed by atoms with Gasteiger partial charge in [0.15, 0.2) is 11.5 Å². The molecule has 2 rings (SSSR count). The summed E-state index contributed by atoms with van der Waals surface area (Å²) in [4.78, 5) is 13.3. The average molecular weight is 349 g/mol. The maximum Gasteiger partial charge on any atom is 0.303 e. The Morgan fingerprint density at radius 1 is 1.12 bits per heavy atom. The number of benzene rings is 1. The summed E-state index contributed by atoms with van der Waals surface area (Å²) >= 11 is 0. The van der Waals surface area contributed by atoms with Crippen LogP contribution in [-0.4, -0.2) is 42.8 Å². The average Bonchev–Trinajstić information content (AvgIpc) is 2.64. The van der Waals surface area contributed by atoms with E-state index in [2.05, 4.69) is 11.0 Å². The van der Waals surface area contributed by atoms with Gasteiger partial charge in [-0.2, -0.15) is 0 Å². The first-order valence-electron chi connectivity index (χ1n) is 9.30. The molecule has 1 saturated carbocycles. The molecule has 0 atom stereocenters. The van der Waals surface area contributed by atoms with Gasteiger partial charge in [0.2, 0.25) is 0 Å². The highest BCUT2D eigenvalue weighted by Crippen LogP contribution is 2.30. The zero-order chi connectivity index (χ0) is 18.1. The third-order valence-electron chi connectivity index (χ3n) is 5.01. The van der Waals surface area contributed by atoms with Crippen molar-refractivity contribution < 1.29 is 19.4 Å². The Labute approximate surface area is 150 Å². The number of rotatable bonds is 10. The lowest BCUT2D eigenvalue weighted by Crippen LogP contribution is -2.37. The molecule has 0 heterocycles. The van der Waals surface area contributed by atoms with Crippen LogP contribution in [-0.2, 0) is 11.3 Å². The second kappa shape index (κ2) is 10.3. The van der Waals surface area contributed by atoms with Gasteiger partial charge >= 0.3 is 5.97 Å². The number of carboxylic acid groups (broad SMARTS) is 1. The molecule has 1 aliphatic carbocycles. The number of hydrogen-bond acceptors (Lipinski definition) is 4. The molecule has 1 aromatic carbocycles. The van der Waals surface area contributed by atoms with Crippen molar-refractivity contribution in [3.05, 3.63) is 23.8 Å². The zero-order valence-electron chi connectivity index (χ0n) is 15.5. The number of carbonyl (C=O) groups is 1. The smallest absolute Gasteiger partial charge is 0.303 e. The van der Waals surface area contributed by atoms with Gasteiger partial charge in [0.1, 0.15) is 0 Å². The van der Waals surface area contributed by atoms with Gasteiger partial charge in [-0.05, 0) is 49.9 Å². The molecular formula is C20H31NO4. The van der Waals surface area contributed by atoms with Crippen LogP contribution in [0.1, 0.15) is 56.9 Å². The molecule has 0 aromatic heterocycles. The Morgan fingerprint density at radius 3 is 2.48 bits per heavy atom. The predicted molar refractivity (Wildman–Crippen MR) is 98.3 cm³/mol. The second-order valence-corrected chi connectivity index (χ2v) is 6.80. The standard InChI is InChI=1S/C20H31NO4/c1-24-18-12-11-16(14-19(18)25-2)15-21(13-7-6-10-20(22)23)17-8-4-3-5-9-17/h11-12,14,17H,3-10,13,15H2,1-2H3,(H,22,23). The van der Waals surface area contributed by atoms with E-state index in [1.807, 2.05) is 12.1 Å². The van der Waals surface area contributed by atoms with Crippen molar-refractivity contribution in [3.8, 4) is 11.5 Å². The molecule has 0 spiro atoms. The summed E-state index contributed by atoms with van der Waals surface area (Å²) in [7, 11) is 3.31. The van der Waals surface area contributed by atoms with Crippen LogP contribution < -0.4 is 9.47 Å². The largest absolute Gasteiger partial charge is 0.493 e. The molecule has 5 heteroatoms. The van der Waals surface area contributed by atoms with E-state index in [9.17, 15) is 4.79 Å². The Hall–Kier alpha value is -1.75. The lowest BCUT2D eigenvalue weighted by molar-refractivity contribution is -0.137. The molecule has 5 nitrogen and oxygen atoms in total. The minimum Gasteiger partial charge on any atom is -0.493 e. The van der Waals surface area contributed by atoms with Crippen molar-refractivity contribution >= 4 is 5.97 Å². The Morgan fingerprint density at radius 2 is 1.84 bits per heavy atom. The van der Waals surface area contributed by atoms with E-state index >= 15 is 0 Å². The molecule has 25 heavy (non-hydrogen) atoms. The van der Waals surface area contributed by atoms with Crippen LogP contribution in [0.3, 0.4) is 0 Å². The number of hydrogen-bond donors (Lipinski definition) is 1. The molecule has 0 saturated heterocycles. The summed E-state index contributed by atoms with van der Waals surface area (Å²) in [6.45, 7) is 1.82. The van der Waals surface area contributed by atoms with Gasteiger partial charge in [-0.3, -0.25) is 9.69 Å². The van der Waals surface area contributed by atoms with E-state index in [1.54, 1.807) is 14.2 Å². The number of nitrogens with zero attached hydrogens (tertiary/aromatic N) is 1. The summed E-state index contributed by atoms with van der Waals surface area (Å²) < 4.78 is 10.7. The second-order valence-electron chi connectivity index (χ2n) is 6.80. The maximum absolute atomic E-state index is 10.7. The molecule has 1 fully saturated rings. The third-order valence-corrected chi connectivity index (χ3v) is 5.01. The molecule has 0 bridgehead atoms. The van der Waals surface area contributed by atoms with Crippen molar-refractivity contribution in [2.75, 3.05) is 20.8 Å². The quantitative estimate of drug-likeness (QED) is 0.645. The van der Waals surface area contributed by atoms with E-state index in [-0.39, 0.29) is 6.42 Å². The minimum atomic E-state index is -0.705. The number of methoxy groups -OCH3 is 2. The number of aliphatic carboxylic acids is 1. The van der Waals surface area contributed by atoms with E-state index in [0.29, 0.717) is 6.04 Å². The lowest BCUT2D eigenvalue weighted by atomic mass is 9.93. The van der Waals surface area contributed by atoms with Crippen molar-refractivity contribution in [2.45, 2.75) is 64.0 Å². The normalized spacial score (nSPS) is 15.3. The van der Waals surface area contributed by atoms with Crippen molar-refractivity contribution in [2.24, 2.45) is 0 Å². The molecule has 1 aromatic rings. The SMILES string of the molecule is COc1ccc(CN(CCCCC(=O)O)C2CCCCC2)cc1OC. The van der Waals surface area contributed by atoms with Crippen molar-refractivity contribution in [1.29, 1.82) is 0 Å². The van der Waals surface area contributed by atoms with Gasteiger partial charge in [0, 0.05) is 19.0 Å². The Balaban J connectivity index is 2.02. The summed E-state index contributed by atoms with van der Waals surface area (Å²) in [5.41, 5.74) is 1.21. The fraction of sp³-hybridized carbons (Fsp3) is 0.650. The van der Waals surface area contributed by atoms with Gasteiger partial charge in [-0.1, -0.05) is 25.3 Å². The van der Waals surface area contributed by atoms with E-state index < -0.39 is 5.97 Å². The van der Waals surface area contributed by atoms with Crippen molar-refractivity contribution in [3.63, 3.8) is 0 Å². The van der Waals surface area contributed by atoms with Crippen molar-refractivity contribution in [1.82, 2.24) is 4.90 Å². The maximum atomic E-state index is 10.7. The minimum absolute atomic E-state index is 0.259. The van der Waals surface area contributed by atoms with Crippen LogP contribution in [0, 0.1) is 0 Å². The first kappa shape index (κ1) is 19.6. The molecular weight excluding hydrogens is 318 g/mol. The van der Waals surface area contributed by atoms with Crippen LogP contribution in [0.5, 0.6) is 11.5 Å². The number of ether oxygens (including phenoxy) is 2. The topological polar surface area (TPSA) is 59.0 Å². The number of carboxylic acids is 1. The van der Waals surface area contributed by atoms with Crippen LogP contribution in [0.15, 0.2) is 18.2 Å². The highest BCUT2D eigenvalue weighted by Gasteiger charge is 2.21. The molecule has 0 radical (unpaired) electrons. The summed E-state index contributed by atoms with van der Waals surface area (Å²) in [5, 5.41) is 8.83. The monoisotopic (exact) mass is 349 g/mol. The molecule has 1 N–H and O–H groups in total. The highest BCUT2D eigenvalue weighted by atomic mass is 16.5. The summed E-state index contributed by atoms with van der Waals surface area (Å²) in [6.07, 6.45) is 8.33. The fourth-order valence-electron chi connectivity index (χ4n) is 3.64. The van der Waals surface area contributed by atoms with Crippen LogP contribution >= 0.6 is 0 Å². The van der Waals surface area contributed by atoms with Gasteiger partial charge < -0.3 is 14.6 Å². The molecule has 0 unspecified atom stereocenters. The Bertz CT molecular complexity index is 540. The first-order valence-corrected chi connectivity index (χ1v) is 9.30.